The maximum Gasteiger partial charge on any atom is 0.226 e. The molecule has 5 aromatic rings. The summed E-state index contributed by atoms with van der Waals surface area (Å²) in [5, 5.41) is 15.3. The first-order chi connectivity index (χ1) is 19.5. The van der Waals surface area contributed by atoms with Gasteiger partial charge in [0.15, 0.2) is 5.13 Å². The zero-order valence-corrected chi connectivity index (χ0v) is 24.0. The van der Waals surface area contributed by atoms with Crippen LogP contribution in [0.15, 0.2) is 83.3 Å². The molecular formula is C29H24ClN5O3S2. The number of ether oxygens (including phenoxy) is 2. The van der Waals surface area contributed by atoms with Crippen LogP contribution in [0, 0.1) is 0 Å². The van der Waals surface area contributed by atoms with Gasteiger partial charge in [-0.15, -0.1) is 21.5 Å². The van der Waals surface area contributed by atoms with Gasteiger partial charge in [0.25, 0.3) is 0 Å². The quantitative estimate of drug-likeness (QED) is 0.172. The summed E-state index contributed by atoms with van der Waals surface area (Å²) in [6, 6.07) is 22.6. The molecule has 40 heavy (non-hydrogen) atoms. The molecule has 0 aliphatic rings. The average Bonchev–Trinajstić information content (AvgIpc) is 3.46. The van der Waals surface area contributed by atoms with Gasteiger partial charge in [-0.1, -0.05) is 35.5 Å². The second kappa shape index (κ2) is 12.9. The highest BCUT2D eigenvalue weighted by Crippen LogP contribution is 2.32. The van der Waals surface area contributed by atoms with E-state index in [2.05, 4.69) is 20.5 Å². The third-order valence-electron chi connectivity index (χ3n) is 5.85. The van der Waals surface area contributed by atoms with Gasteiger partial charge >= 0.3 is 0 Å². The number of anilines is 1. The predicted octanol–water partition coefficient (Wildman–Crippen LogP) is 7.12. The second-order valence-corrected chi connectivity index (χ2v) is 10.8. The van der Waals surface area contributed by atoms with Gasteiger partial charge < -0.3 is 14.8 Å². The number of hydrogen-bond donors (Lipinski definition) is 1. The Morgan fingerprint density at radius 2 is 1.43 bits per heavy atom. The Balaban J connectivity index is 1.26. The smallest absolute Gasteiger partial charge is 0.226 e. The number of aromatic nitrogens is 4. The van der Waals surface area contributed by atoms with Crippen LogP contribution in [0.5, 0.6) is 11.5 Å². The molecule has 0 unspecified atom stereocenters. The number of amides is 1. The summed E-state index contributed by atoms with van der Waals surface area (Å²) in [5.41, 5.74) is 4.80. The Morgan fingerprint density at radius 1 is 0.825 bits per heavy atom. The van der Waals surface area contributed by atoms with Crippen molar-refractivity contribution in [1.82, 2.24) is 20.2 Å². The molecule has 0 spiro atoms. The minimum atomic E-state index is -0.136. The maximum absolute atomic E-state index is 12.6. The van der Waals surface area contributed by atoms with E-state index in [4.69, 9.17) is 26.1 Å². The molecule has 0 atom stereocenters. The van der Waals surface area contributed by atoms with E-state index in [1.54, 1.807) is 14.2 Å². The van der Waals surface area contributed by atoms with Gasteiger partial charge in [0.05, 0.1) is 19.9 Å². The van der Waals surface area contributed by atoms with E-state index in [9.17, 15) is 4.79 Å². The second-order valence-electron chi connectivity index (χ2n) is 8.44. The van der Waals surface area contributed by atoms with Gasteiger partial charge in [0.2, 0.25) is 11.1 Å². The minimum Gasteiger partial charge on any atom is -0.497 e. The van der Waals surface area contributed by atoms with Crippen molar-refractivity contribution in [2.45, 2.75) is 11.6 Å². The van der Waals surface area contributed by atoms with Crippen LogP contribution in [0.3, 0.4) is 0 Å². The molecule has 5 rings (SSSR count). The fraction of sp³-hybridized carbons (Fsp3) is 0.138. The van der Waals surface area contributed by atoms with Crippen LogP contribution >= 0.6 is 34.7 Å². The standard InChI is InChI=1S/C29H24ClN5O3S2/c1-37-22-11-5-19(6-12-22)26-27(20-7-13-23(38-2)14-8-20)34-35-29(33-26)39-16-15-25(36)32-28-31-24(17-40-28)18-3-9-21(30)10-4-18/h3-14,17H,15-16H2,1-2H3,(H,31,32,36). The van der Waals surface area contributed by atoms with Crippen molar-refractivity contribution < 1.29 is 14.3 Å². The SMILES string of the molecule is COc1ccc(-c2nnc(SCCC(=O)Nc3nc(-c4ccc(Cl)cc4)cs3)nc2-c2ccc(OC)cc2)cc1. The number of rotatable bonds is 10. The molecule has 202 valence electrons. The Morgan fingerprint density at radius 3 is 2.05 bits per heavy atom. The zero-order valence-electron chi connectivity index (χ0n) is 21.6. The third kappa shape index (κ3) is 6.77. The molecule has 0 saturated heterocycles. The van der Waals surface area contributed by atoms with Crippen molar-refractivity contribution in [2.24, 2.45) is 0 Å². The molecule has 2 heterocycles. The van der Waals surface area contributed by atoms with Crippen LogP contribution in [-0.4, -0.2) is 46.0 Å². The predicted molar refractivity (Wildman–Crippen MR) is 160 cm³/mol. The number of halogens is 1. The number of carbonyl (C=O) groups is 1. The first-order valence-electron chi connectivity index (χ1n) is 12.2. The van der Waals surface area contributed by atoms with Crippen molar-refractivity contribution in [2.75, 3.05) is 25.3 Å². The van der Waals surface area contributed by atoms with Crippen LogP contribution in [-0.2, 0) is 4.79 Å². The molecule has 0 fully saturated rings. The molecular weight excluding hydrogens is 566 g/mol. The topological polar surface area (TPSA) is 99.1 Å². The minimum absolute atomic E-state index is 0.136. The van der Waals surface area contributed by atoms with Crippen molar-refractivity contribution in [3.63, 3.8) is 0 Å². The summed E-state index contributed by atoms with van der Waals surface area (Å²) in [5.74, 6) is 1.84. The van der Waals surface area contributed by atoms with Gasteiger partial charge in [-0.25, -0.2) is 9.97 Å². The molecule has 0 saturated carbocycles. The largest absolute Gasteiger partial charge is 0.497 e. The first kappa shape index (κ1) is 27.6. The Labute approximate surface area is 244 Å². The summed E-state index contributed by atoms with van der Waals surface area (Å²) in [7, 11) is 3.25. The highest BCUT2D eigenvalue weighted by Gasteiger charge is 2.15. The maximum atomic E-state index is 12.6. The van der Waals surface area contributed by atoms with Crippen molar-refractivity contribution in [3.05, 3.63) is 83.2 Å². The van der Waals surface area contributed by atoms with E-state index in [1.807, 2.05) is 78.2 Å². The van der Waals surface area contributed by atoms with E-state index in [1.165, 1.54) is 23.1 Å². The Kier molecular flexibility index (Phi) is 8.90. The number of methoxy groups -OCH3 is 2. The van der Waals surface area contributed by atoms with Gasteiger partial charge in [0, 0.05) is 39.3 Å². The molecule has 0 aliphatic carbocycles. The normalized spacial score (nSPS) is 10.8. The number of hydrogen-bond acceptors (Lipinski definition) is 9. The lowest BCUT2D eigenvalue weighted by atomic mass is 10.0. The molecule has 0 aliphatic heterocycles. The van der Waals surface area contributed by atoms with Crippen molar-refractivity contribution in [3.8, 4) is 45.3 Å². The summed E-state index contributed by atoms with van der Waals surface area (Å²) in [6.07, 6.45) is 0.266. The molecule has 11 heteroatoms. The monoisotopic (exact) mass is 589 g/mol. The molecule has 0 radical (unpaired) electrons. The van der Waals surface area contributed by atoms with Crippen LogP contribution in [0.2, 0.25) is 5.02 Å². The highest BCUT2D eigenvalue weighted by atomic mass is 35.5. The van der Waals surface area contributed by atoms with Crippen LogP contribution in [0.1, 0.15) is 6.42 Å². The van der Waals surface area contributed by atoms with Crippen LogP contribution < -0.4 is 14.8 Å². The van der Waals surface area contributed by atoms with Crippen LogP contribution in [0.4, 0.5) is 5.13 Å². The fourth-order valence-electron chi connectivity index (χ4n) is 3.77. The number of thiazole rings is 1. The summed E-state index contributed by atoms with van der Waals surface area (Å²) >= 11 is 8.71. The lowest BCUT2D eigenvalue weighted by Crippen LogP contribution is -2.12. The highest BCUT2D eigenvalue weighted by molar-refractivity contribution is 7.99. The summed E-state index contributed by atoms with van der Waals surface area (Å²) < 4.78 is 10.6. The van der Waals surface area contributed by atoms with Gasteiger partial charge in [0.1, 0.15) is 22.9 Å². The number of benzene rings is 3. The lowest BCUT2D eigenvalue weighted by molar-refractivity contribution is -0.115. The number of nitrogens with one attached hydrogen (secondary N) is 1. The van der Waals surface area contributed by atoms with E-state index >= 15 is 0 Å². The number of nitrogens with zero attached hydrogens (tertiary/aromatic N) is 4. The van der Waals surface area contributed by atoms with E-state index < -0.39 is 0 Å². The molecule has 2 aromatic heterocycles. The summed E-state index contributed by atoms with van der Waals surface area (Å²) in [4.78, 5) is 21.9. The number of thioether (sulfide) groups is 1. The third-order valence-corrected chi connectivity index (χ3v) is 7.69. The van der Waals surface area contributed by atoms with Crippen LogP contribution in [0.25, 0.3) is 33.8 Å². The van der Waals surface area contributed by atoms with Crippen molar-refractivity contribution >= 4 is 45.7 Å². The molecule has 8 nitrogen and oxygen atoms in total. The van der Waals surface area contributed by atoms with Crippen molar-refractivity contribution in [1.29, 1.82) is 0 Å². The summed E-state index contributed by atoms with van der Waals surface area (Å²) in [6.45, 7) is 0. The zero-order chi connectivity index (χ0) is 27.9. The fourth-order valence-corrected chi connectivity index (χ4v) is 5.35. The lowest BCUT2D eigenvalue weighted by Gasteiger charge is -2.10. The molecule has 0 bridgehead atoms. The van der Waals surface area contributed by atoms with E-state index in [0.717, 1.165) is 33.9 Å². The average molecular weight is 590 g/mol. The first-order valence-corrected chi connectivity index (χ1v) is 14.4. The number of carbonyl (C=O) groups excluding carboxylic acids is 1. The van der Waals surface area contributed by atoms with E-state index in [-0.39, 0.29) is 12.3 Å². The van der Waals surface area contributed by atoms with Gasteiger partial charge in [-0.2, -0.15) is 0 Å². The Hall–Kier alpha value is -3.99. The van der Waals surface area contributed by atoms with Gasteiger partial charge in [-0.05, 0) is 60.7 Å². The molecule has 1 amide bonds. The van der Waals surface area contributed by atoms with E-state index in [0.29, 0.717) is 32.5 Å². The molecule has 3 aromatic carbocycles. The Bertz CT molecular complexity index is 1590. The van der Waals surface area contributed by atoms with Gasteiger partial charge in [-0.3, -0.25) is 4.79 Å². The molecule has 1 N–H and O–H groups in total.